The third-order valence-electron chi connectivity index (χ3n) is 4.58. The molecule has 0 saturated carbocycles. The second-order valence-electron chi connectivity index (χ2n) is 6.31. The average molecular weight is 419 g/mol. The molecule has 0 bridgehead atoms. The molecule has 9 heteroatoms. The highest BCUT2D eigenvalue weighted by atomic mass is 32.2. The van der Waals surface area contributed by atoms with Gasteiger partial charge in [0.2, 0.25) is 5.91 Å². The highest BCUT2D eigenvalue weighted by molar-refractivity contribution is 7.89. The second-order valence-corrected chi connectivity index (χ2v) is 8.13. The van der Waals surface area contributed by atoms with E-state index in [9.17, 15) is 18.0 Å². The first-order chi connectivity index (χ1) is 13.9. The quantitative estimate of drug-likeness (QED) is 0.636. The van der Waals surface area contributed by atoms with Crippen LogP contribution in [0.5, 0.6) is 5.75 Å². The Morgan fingerprint density at radius 3 is 2.52 bits per heavy atom. The van der Waals surface area contributed by atoms with Gasteiger partial charge < -0.3 is 13.9 Å². The van der Waals surface area contributed by atoms with Crippen molar-refractivity contribution in [1.82, 2.24) is 4.31 Å². The van der Waals surface area contributed by atoms with Crippen LogP contribution in [0.15, 0.2) is 64.2 Å². The molecule has 1 aromatic heterocycles. The molecular formula is C20H21NO7S. The Kier molecular flexibility index (Phi) is 6.07. The first-order valence-corrected chi connectivity index (χ1v) is 10.4. The first kappa shape index (κ1) is 20.7. The molecule has 1 aromatic carbocycles. The molecule has 0 saturated heterocycles. The summed E-state index contributed by atoms with van der Waals surface area (Å²) in [5.74, 6) is -1.91. The lowest BCUT2D eigenvalue weighted by Gasteiger charge is -2.31. The maximum absolute atomic E-state index is 13.1. The number of ether oxygens (including phenoxy) is 2. The van der Waals surface area contributed by atoms with Crippen molar-refractivity contribution < 1.29 is 31.9 Å². The number of methoxy groups -OCH3 is 1. The van der Waals surface area contributed by atoms with Crippen molar-refractivity contribution in [2.45, 2.75) is 24.2 Å². The number of rotatable bonds is 7. The lowest BCUT2D eigenvalue weighted by molar-refractivity contribution is -0.147. The number of hydrogen-bond donors (Lipinski definition) is 0. The van der Waals surface area contributed by atoms with Gasteiger partial charge in [0, 0.05) is 12.1 Å². The van der Waals surface area contributed by atoms with Crippen molar-refractivity contribution in [3.8, 4) is 5.75 Å². The number of hydrogen-bond acceptors (Lipinski definition) is 7. The van der Waals surface area contributed by atoms with Gasteiger partial charge in [-0.05, 0) is 43.3 Å². The Balaban J connectivity index is 1.96. The SMILES string of the molecule is CCOC(=O)CC1C(=O)N(S(=O)(=O)c2ccc(OC)cc2)C=CC1c1ccco1. The molecule has 1 amide bonds. The molecule has 1 aliphatic rings. The highest BCUT2D eigenvalue weighted by Gasteiger charge is 2.42. The largest absolute Gasteiger partial charge is 0.497 e. The molecule has 2 aromatic rings. The Labute approximate surface area is 168 Å². The molecule has 0 radical (unpaired) electrons. The second kappa shape index (κ2) is 8.52. The van der Waals surface area contributed by atoms with Crippen molar-refractivity contribution in [3.63, 3.8) is 0 Å². The van der Waals surface area contributed by atoms with Gasteiger partial charge in [0.05, 0.1) is 37.2 Å². The molecule has 8 nitrogen and oxygen atoms in total. The van der Waals surface area contributed by atoms with Crippen LogP contribution < -0.4 is 4.74 Å². The number of allylic oxidation sites excluding steroid dienone is 1. The summed E-state index contributed by atoms with van der Waals surface area (Å²) in [6.45, 7) is 1.82. The molecular weight excluding hydrogens is 398 g/mol. The van der Waals surface area contributed by atoms with Gasteiger partial charge in [-0.25, -0.2) is 12.7 Å². The average Bonchev–Trinajstić information content (AvgIpc) is 3.24. The van der Waals surface area contributed by atoms with Crippen LogP contribution in [0, 0.1) is 5.92 Å². The summed E-state index contributed by atoms with van der Waals surface area (Å²) in [4.78, 5) is 25.1. The number of furan rings is 1. The molecule has 154 valence electrons. The number of benzene rings is 1. The van der Waals surface area contributed by atoms with E-state index in [1.165, 1.54) is 43.8 Å². The van der Waals surface area contributed by atoms with Crippen LogP contribution in [0.1, 0.15) is 25.0 Å². The normalized spacial score (nSPS) is 19.2. The molecule has 3 rings (SSSR count). The summed E-state index contributed by atoms with van der Waals surface area (Å²) in [6, 6.07) is 9.03. The van der Waals surface area contributed by atoms with E-state index in [1.807, 2.05) is 0 Å². The Morgan fingerprint density at radius 1 is 1.21 bits per heavy atom. The molecule has 2 atom stereocenters. The van der Waals surface area contributed by atoms with Crippen molar-refractivity contribution in [2.75, 3.05) is 13.7 Å². The summed E-state index contributed by atoms with van der Waals surface area (Å²) in [7, 11) is -2.68. The maximum Gasteiger partial charge on any atom is 0.306 e. The zero-order chi connectivity index (χ0) is 21.0. The van der Waals surface area contributed by atoms with Crippen LogP contribution >= 0.6 is 0 Å². The Bertz CT molecular complexity index is 994. The van der Waals surface area contributed by atoms with Gasteiger partial charge in [-0.2, -0.15) is 0 Å². The van der Waals surface area contributed by atoms with E-state index in [4.69, 9.17) is 13.9 Å². The zero-order valence-electron chi connectivity index (χ0n) is 16.0. The maximum atomic E-state index is 13.1. The molecule has 0 N–H and O–H groups in total. The van der Waals surface area contributed by atoms with E-state index in [0.717, 1.165) is 0 Å². The van der Waals surface area contributed by atoms with Gasteiger partial charge in [0.15, 0.2) is 0 Å². The van der Waals surface area contributed by atoms with Crippen molar-refractivity contribution in [3.05, 3.63) is 60.7 Å². The minimum absolute atomic E-state index is 0.0670. The summed E-state index contributed by atoms with van der Waals surface area (Å²) in [6.07, 6.45) is 3.94. The van der Waals surface area contributed by atoms with Gasteiger partial charge in [-0.1, -0.05) is 6.08 Å². The monoisotopic (exact) mass is 419 g/mol. The molecule has 2 heterocycles. The summed E-state index contributed by atoms with van der Waals surface area (Å²) in [5, 5.41) is 0. The molecule has 29 heavy (non-hydrogen) atoms. The number of carbonyl (C=O) groups is 2. The van der Waals surface area contributed by atoms with Gasteiger partial charge in [0.25, 0.3) is 10.0 Å². The number of carbonyl (C=O) groups excluding carboxylic acids is 2. The van der Waals surface area contributed by atoms with E-state index < -0.39 is 33.7 Å². The molecule has 0 fully saturated rings. The zero-order valence-corrected chi connectivity index (χ0v) is 16.8. The summed E-state index contributed by atoms with van der Waals surface area (Å²) >= 11 is 0. The van der Waals surface area contributed by atoms with E-state index >= 15 is 0 Å². The van der Waals surface area contributed by atoms with Crippen molar-refractivity contribution in [1.29, 1.82) is 0 Å². The minimum Gasteiger partial charge on any atom is -0.497 e. The standard InChI is InChI=1S/C20H21NO7S/c1-3-27-19(22)13-17-16(18-5-4-12-28-18)10-11-21(20(17)23)29(24,25)15-8-6-14(26-2)7-9-15/h4-12,16-17H,3,13H2,1-2H3. The summed E-state index contributed by atoms with van der Waals surface area (Å²) in [5.41, 5.74) is 0. The summed E-state index contributed by atoms with van der Waals surface area (Å²) < 4.78 is 42.1. The fourth-order valence-electron chi connectivity index (χ4n) is 3.14. The van der Waals surface area contributed by atoms with Gasteiger partial charge in [-0.15, -0.1) is 0 Å². The smallest absolute Gasteiger partial charge is 0.306 e. The van der Waals surface area contributed by atoms with Crippen LogP contribution in [0.25, 0.3) is 0 Å². The molecule has 0 spiro atoms. The lowest BCUT2D eigenvalue weighted by Crippen LogP contribution is -2.42. The van der Waals surface area contributed by atoms with Gasteiger partial charge >= 0.3 is 5.97 Å². The molecule has 1 aliphatic heterocycles. The van der Waals surface area contributed by atoms with Crippen LogP contribution in [0.2, 0.25) is 0 Å². The van der Waals surface area contributed by atoms with Crippen molar-refractivity contribution >= 4 is 21.9 Å². The number of nitrogens with zero attached hydrogens (tertiary/aromatic N) is 1. The van der Waals surface area contributed by atoms with E-state index in [2.05, 4.69) is 0 Å². The fourth-order valence-corrected chi connectivity index (χ4v) is 4.45. The van der Waals surface area contributed by atoms with Crippen LogP contribution in [0.4, 0.5) is 0 Å². The highest BCUT2D eigenvalue weighted by Crippen LogP contribution is 2.36. The Hall–Kier alpha value is -3.07. The number of esters is 1. The van der Waals surface area contributed by atoms with E-state index in [-0.39, 0.29) is 17.9 Å². The number of sulfonamides is 1. The van der Waals surface area contributed by atoms with Crippen molar-refractivity contribution in [2.24, 2.45) is 5.92 Å². The third kappa shape index (κ3) is 4.19. The number of amides is 1. The van der Waals surface area contributed by atoms with Crippen LogP contribution in [-0.4, -0.2) is 38.3 Å². The first-order valence-electron chi connectivity index (χ1n) is 8.98. The van der Waals surface area contributed by atoms with E-state index in [1.54, 1.807) is 25.1 Å². The van der Waals surface area contributed by atoms with Crippen LogP contribution in [-0.2, 0) is 24.3 Å². The van der Waals surface area contributed by atoms with E-state index in [0.29, 0.717) is 15.8 Å². The minimum atomic E-state index is -4.15. The predicted octanol–water partition coefficient (Wildman–Crippen LogP) is 2.69. The van der Waals surface area contributed by atoms with Gasteiger partial charge in [-0.3, -0.25) is 9.59 Å². The van der Waals surface area contributed by atoms with Crippen LogP contribution in [0.3, 0.4) is 0 Å². The molecule has 2 unspecified atom stereocenters. The lowest BCUT2D eigenvalue weighted by atomic mass is 9.85. The topological polar surface area (TPSA) is 103 Å². The fraction of sp³-hybridized carbons (Fsp3) is 0.300. The predicted molar refractivity (Wildman–Crippen MR) is 102 cm³/mol. The third-order valence-corrected chi connectivity index (χ3v) is 6.26. The molecule has 0 aliphatic carbocycles. The Morgan fingerprint density at radius 2 is 1.93 bits per heavy atom. The van der Waals surface area contributed by atoms with Gasteiger partial charge in [0.1, 0.15) is 11.5 Å².